The standard InChI is InChI=1S/C15H24N2O2/c1-11-8-14(18-2)15(19-3)9-12(11)10-17-6-4-13(16)5-7-17/h8-9,13H,4-7,10,16H2,1-3H3. The van der Waals surface area contributed by atoms with Gasteiger partial charge < -0.3 is 15.2 Å². The maximum absolute atomic E-state index is 5.94. The molecule has 0 atom stereocenters. The van der Waals surface area contributed by atoms with Crippen LogP contribution in [-0.2, 0) is 6.54 Å². The molecule has 4 nitrogen and oxygen atoms in total. The van der Waals surface area contributed by atoms with Gasteiger partial charge in [0.2, 0.25) is 0 Å². The molecule has 0 bridgehead atoms. The lowest BCUT2D eigenvalue weighted by molar-refractivity contribution is 0.205. The fourth-order valence-corrected chi connectivity index (χ4v) is 2.55. The van der Waals surface area contributed by atoms with Crippen LogP contribution >= 0.6 is 0 Å². The highest BCUT2D eigenvalue weighted by molar-refractivity contribution is 5.47. The minimum absolute atomic E-state index is 0.378. The van der Waals surface area contributed by atoms with E-state index in [-0.39, 0.29) is 0 Å². The zero-order valence-electron chi connectivity index (χ0n) is 12.1. The molecular formula is C15H24N2O2. The Morgan fingerprint density at radius 1 is 1.16 bits per heavy atom. The molecule has 1 aromatic carbocycles. The van der Waals surface area contributed by atoms with E-state index < -0.39 is 0 Å². The van der Waals surface area contributed by atoms with Crippen LogP contribution in [0.15, 0.2) is 12.1 Å². The van der Waals surface area contributed by atoms with Crippen LogP contribution in [0, 0.1) is 6.92 Å². The smallest absolute Gasteiger partial charge is 0.161 e. The Hall–Kier alpha value is -1.26. The Balaban J connectivity index is 2.11. The summed E-state index contributed by atoms with van der Waals surface area (Å²) in [6.45, 7) is 5.23. The number of aryl methyl sites for hydroxylation is 1. The number of piperidine rings is 1. The molecular weight excluding hydrogens is 240 g/mol. The van der Waals surface area contributed by atoms with E-state index >= 15 is 0 Å². The second kappa shape index (κ2) is 6.26. The van der Waals surface area contributed by atoms with Gasteiger partial charge in [-0.2, -0.15) is 0 Å². The molecule has 0 aliphatic carbocycles. The zero-order valence-corrected chi connectivity index (χ0v) is 12.1. The van der Waals surface area contributed by atoms with E-state index in [1.54, 1.807) is 14.2 Å². The zero-order chi connectivity index (χ0) is 13.8. The van der Waals surface area contributed by atoms with Crippen molar-refractivity contribution < 1.29 is 9.47 Å². The van der Waals surface area contributed by atoms with Crippen molar-refractivity contribution in [2.45, 2.75) is 32.4 Å². The average Bonchev–Trinajstić information content (AvgIpc) is 2.43. The molecule has 0 unspecified atom stereocenters. The number of nitrogens with two attached hydrogens (primary N) is 1. The van der Waals surface area contributed by atoms with Gasteiger partial charge in [0.25, 0.3) is 0 Å². The van der Waals surface area contributed by atoms with Gasteiger partial charge in [0.1, 0.15) is 0 Å². The molecule has 2 rings (SSSR count). The molecule has 0 amide bonds. The highest BCUT2D eigenvalue weighted by atomic mass is 16.5. The van der Waals surface area contributed by atoms with Crippen LogP contribution < -0.4 is 15.2 Å². The summed E-state index contributed by atoms with van der Waals surface area (Å²) in [4.78, 5) is 2.46. The van der Waals surface area contributed by atoms with E-state index in [4.69, 9.17) is 15.2 Å². The molecule has 1 saturated heterocycles. The molecule has 1 fully saturated rings. The summed E-state index contributed by atoms with van der Waals surface area (Å²) in [6, 6.07) is 4.51. The second-order valence-electron chi connectivity index (χ2n) is 5.25. The van der Waals surface area contributed by atoms with Gasteiger partial charge in [0.15, 0.2) is 11.5 Å². The lowest BCUT2D eigenvalue weighted by Gasteiger charge is -2.30. The molecule has 19 heavy (non-hydrogen) atoms. The van der Waals surface area contributed by atoms with Crippen molar-refractivity contribution in [2.24, 2.45) is 5.73 Å². The van der Waals surface area contributed by atoms with Crippen molar-refractivity contribution >= 4 is 0 Å². The summed E-state index contributed by atoms with van der Waals surface area (Å²) in [5.41, 5.74) is 8.48. The Kier molecular flexibility index (Phi) is 4.66. The third-order valence-electron chi connectivity index (χ3n) is 3.87. The van der Waals surface area contributed by atoms with Crippen LogP contribution in [0.2, 0.25) is 0 Å². The van der Waals surface area contributed by atoms with Crippen LogP contribution in [-0.4, -0.2) is 38.3 Å². The fourth-order valence-electron chi connectivity index (χ4n) is 2.55. The lowest BCUT2D eigenvalue weighted by Crippen LogP contribution is -2.39. The Bertz CT molecular complexity index is 426. The third-order valence-corrected chi connectivity index (χ3v) is 3.87. The van der Waals surface area contributed by atoms with Crippen molar-refractivity contribution in [1.29, 1.82) is 0 Å². The number of nitrogens with zero attached hydrogens (tertiary/aromatic N) is 1. The van der Waals surface area contributed by atoms with Gasteiger partial charge in [-0.15, -0.1) is 0 Å². The van der Waals surface area contributed by atoms with Gasteiger partial charge in [0, 0.05) is 12.6 Å². The molecule has 1 heterocycles. The number of hydrogen-bond acceptors (Lipinski definition) is 4. The van der Waals surface area contributed by atoms with Gasteiger partial charge >= 0.3 is 0 Å². The molecule has 0 saturated carbocycles. The van der Waals surface area contributed by atoms with Crippen LogP contribution in [0.1, 0.15) is 24.0 Å². The summed E-state index contributed by atoms with van der Waals surface area (Å²) in [5.74, 6) is 1.60. The molecule has 4 heteroatoms. The Morgan fingerprint density at radius 2 is 1.74 bits per heavy atom. The minimum Gasteiger partial charge on any atom is -0.493 e. The van der Waals surface area contributed by atoms with E-state index in [2.05, 4.69) is 17.9 Å². The van der Waals surface area contributed by atoms with Gasteiger partial charge in [-0.3, -0.25) is 4.90 Å². The van der Waals surface area contributed by atoms with E-state index in [0.717, 1.165) is 44.0 Å². The quantitative estimate of drug-likeness (QED) is 0.903. The van der Waals surface area contributed by atoms with Crippen LogP contribution in [0.3, 0.4) is 0 Å². The second-order valence-corrected chi connectivity index (χ2v) is 5.25. The molecule has 106 valence electrons. The van der Waals surface area contributed by atoms with E-state index in [1.165, 1.54) is 11.1 Å². The summed E-state index contributed by atoms with van der Waals surface area (Å²) in [6.07, 6.45) is 2.18. The van der Waals surface area contributed by atoms with E-state index in [1.807, 2.05) is 6.07 Å². The van der Waals surface area contributed by atoms with Crippen LogP contribution in [0.25, 0.3) is 0 Å². The molecule has 0 spiro atoms. The number of ether oxygens (including phenoxy) is 2. The molecule has 2 N–H and O–H groups in total. The van der Waals surface area contributed by atoms with Gasteiger partial charge in [-0.1, -0.05) is 0 Å². The number of likely N-dealkylation sites (tertiary alicyclic amines) is 1. The average molecular weight is 264 g/mol. The molecule has 0 radical (unpaired) electrons. The summed E-state index contributed by atoms with van der Waals surface area (Å²) in [5, 5.41) is 0. The first-order valence-electron chi connectivity index (χ1n) is 6.83. The first-order valence-corrected chi connectivity index (χ1v) is 6.83. The van der Waals surface area contributed by atoms with Crippen LogP contribution in [0.4, 0.5) is 0 Å². The molecule has 1 aliphatic rings. The Morgan fingerprint density at radius 3 is 2.32 bits per heavy atom. The summed E-state index contributed by atoms with van der Waals surface area (Å²) < 4.78 is 10.7. The fraction of sp³-hybridized carbons (Fsp3) is 0.600. The topological polar surface area (TPSA) is 47.7 Å². The monoisotopic (exact) mass is 264 g/mol. The molecule has 1 aromatic rings. The van der Waals surface area contributed by atoms with Crippen molar-refractivity contribution in [3.63, 3.8) is 0 Å². The number of hydrogen-bond donors (Lipinski definition) is 1. The largest absolute Gasteiger partial charge is 0.493 e. The van der Waals surface area contributed by atoms with Gasteiger partial charge in [-0.05, 0) is 56.1 Å². The van der Waals surface area contributed by atoms with E-state index in [0.29, 0.717) is 6.04 Å². The normalized spacial score (nSPS) is 17.5. The minimum atomic E-state index is 0.378. The first-order chi connectivity index (χ1) is 9.13. The van der Waals surface area contributed by atoms with Crippen molar-refractivity contribution in [3.8, 4) is 11.5 Å². The molecule has 0 aromatic heterocycles. The van der Waals surface area contributed by atoms with Crippen molar-refractivity contribution in [3.05, 3.63) is 23.3 Å². The highest BCUT2D eigenvalue weighted by Crippen LogP contribution is 2.31. The number of benzene rings is 1. The van der Waals surface area contributed by atoms with Gasteiger partial charge in [0.05, 0.1) is 14.2 Å². The number of rotatable bonds is 4. The summed E-state index contributed by atoms with van der Waals surface area (Å²) in [7, 11) is 3.35. The van der Waals surface area contributed by atoms with Gasteiger partial charge in [-0.25, -0.2) is 0 Å². The first kappa shape index (κ1) is 14.2. The van der Waals surface area contributed by atoms with Crippen molar-refractivity contribution in [2.75, 3.05) is 27.3 Å². The predicted octanol–water partition coefficient (Wildman–Crippen LogP) is 1.94. The predicted molar refractivity (Wildman–Crippen MR) is 76.8 cm³/mol. The third kappa shape index (κ3) is 3.39. The Labute approximate surface area is 115 Å². The molecule has 1 aliphatic heterocycles. The van der Waals surface area contributed by atoms with Crippen LogP contribution in [0.5, 0.6) is 11.5 Å². The SMILES string of the molecule is COc1cc(C)c(CN2CCC(N)CC2)cc1OC. The lowest BCUT2D eigenvalue weighted by atomic mass is 10.0. The highest BCUT2D eigenvalue weighted by Gasteiger charge is 2.17. The van der Waals surface area contributed by atoms with E-state index in [9.17, 15) is 0 Å². The summed E-state index contributed by atoms with van der Waals surface area (Å²) >= 11 is 0. The number of methoxy groups -OCH3 is 2. The maximum Gasteiger partial charge on any atom is 0.161 e. The maximum atomic E-state index is 5.94. The van der Waals surface area contributed by atoms with Crippen molar-refractivity contribution in [1.82, 2.24) is 4.90 Å².